The van der Waals surface area contributed by atoms with Crippen molar-refractivity contribution in [2.24, 2.45) is 0 Å². The molecule has 0 saturated carbocycles. The van der Waals surface area contributed by atoms with Gasteiger partial charge in [-0.15, -0.1) is 0 Å². The molecular weight excluding hydrogens is 219 g/mol. The van der Waals surface area contributed by atoms with Gasteiger partial charge in [-0.25, -0.2) is 4.39 Å². The average Bonchev–Trinajstić information content (AvgIpc) is 2.31. The fourth-order valence-electron chi connectivity index (χ4n) is 1.61. The molecule has 0 aliphatic heterocycles. The van der Waals surface area contributed by atoms with E-state index in [0.717, 1.165) is 19.6 Å². The topological polar surface area (TPSA) is 35.5 Å². The summed E-state index contributed by atoms with van der Waals surface area (Å²) in [4.78, 5) is 2.19. The van der Waals surface area contributed by atoms with Crippen LogP contribution in [0.15, 0.2) is 18.2 Å². The molecule has 4 heteroatoms. The summed E-state index contributed by atoms with van der Waals surface area (Å²) in [6.45, 7) is 6.75. The molecular formula is C13H21FN2O. The van der Waals surface area contributed by atoms with Crippen LogP contribution >= 0.6 is 0 Å². The molecule has 0 heterocycles. The van der Waals surface area contributed by atoms with Crippen molar-refractivity contribution in [2.45, 2.75) is 19.9 Å². The lowest BCUT2D eigenvalue weighted by atomic mass is 10.1. The van der Waals surface area contributed by atoms with Gasteiger partial charge in [0.25, 0.3) is 0 Å². The Morgan fingerprint density at radius 1 is 1.47 bits per heavy atom. The summed E-state index contributed by atoms with van der Waals surface area (Å²) < 4.78 is 13.1. The molecule has 0 amide bonds. The second-order valence-corrected chi connectivity index (χ2v) is 4.27. The van der Waals surface area contributed by atoms with Crippen LogP contribution in [0.3, 0.4) is 0 Å². The fraction of sp³-hybridized carbons (Fsp3) is 0.538. The highest BCUT2D eigenvalue weighted by molar-refractivity contribution is 5.34. The van der Waals surface area contributed by atoms with E-state index in [-0.39, 0.29) is 17.6 Å². The molecule has 1 unspecified atom stereocenters. The van der Waals surface area contributed by atoms with Crippen LogP contribution in [0.2, 0.25) is 0 Å². The van der Waals surface area contributed by atoms with Crippen molar-refractivity contribution in [2.75, 3.05) is 26.7 Å². The van der Waals surface area contributed by atoms with Crippen LogP contribution in [0.5, 0.6) is 5.75 Å². The molecule has 2 N–H and O–H groups in total. The van der Waals surface area contributed by atoms with Gasteiger partial charge in [-0.05, 0) is 38.7 Å². The molecule has 0 saturated heterocycles. The molecule has 3 nitrogen and oxygen atoms in total. The second kappa shape index (κ2) is 6.57. The normalized spacial score (nSPS) is 13.0. The van der Waals surface area contributed by atoms with Crippen LogP contribution in [0, 0.1) is 5.82 Å². The molecule has 0 aromatic heterocycles. The van der Waals surface area contributed by atoms with Crippen LogP contribution < -0.4 is 5.32 Å². The number of hydrogen-bond donors (Lipinski definition) is 2. The first-order valence-corrected chi connectivity index (χ1v) is 5.95. The van der Waals surface area contributed by atoms with Gasteiger partial charge >= 0.3 is 0 Å². The number of phenolic OH excluding ortho intramolecular Hbond substituents is 1. The third kappa shape index (κ3) is 4.32. The number of halogens is 1. The maximum Gasteiger partial charge on any atom is 0.123 e. The molecule has 1 rings (SSSR count). The fourth-order valence-corrected chi connectivity index (χ4v) is 1.61. The SMILES string of the molecule is CCN(C)CCNC(C)c1cc(F)ccc1O. The Bertz CT molecular complexity index is 357. The maximum absolute atomic E-state index is 13.1. The van der Waals surface area contributed by atoms with Gasteiger partial charge in [-0.3, -0.25) is 0 Å². The molecule has 1 atom stereocenters. The lowest BCUT2D eigenvalue weighted by Gasteiger charge is -2.18. The highest BCUT2D eigenvalue weighted by Gasteiger charge is 2.10. The van der Waals surface area contributed by atoms with Gasteiger partial charge in [0.2, 0.25) is 0 Å². The van der Waals surface area contributed by atoms with Gasteiger partial charge < -0.3 is 15.3 Å². The van der Waals surface area contributed by atoms with Crippen LogP contribution in [0.1, 0.15) is 25.5 Å². The summed E-state index contributed by atoms with van der Waals surface area (Å²) in [5, 5.41) is 12.9. The molecule has 1 aromatic rings. The molecule has 0 bridgehead atoms. The van der Waals surface area contributed by atoms with Crippen molar-refractivity contribution >= 4 is 0 Å². The minimum atomic E-state index is -0.322. The van der Waals surface area contributed by atoms with Crippen molar-refractivity contribution < 1.29 is 9.50 Å². The third-order valence-electron chi connectivity index (χ3n) is 2.94. The average molecular weight is 240 g/mol. The van der Waals surface area contributed by atoms with Gasteiger partial charge in [0.05, 0.1) is 0 Å². The molecule has 0 radical (unpaired) electrons. The van der Waals surface area contributed by atoms with Crippen LogP contribution in [-0.4, -0.2) is 36.7 Å². The van der Waals surface area contributed by atoms with E-state index in [1.165, 1.54) is 18.2 Å². The number of benzene rings is 1. The second-order valence-electron chi connectivity index (χ2n) is 4.27. The first-order chi connectivity index (χ1) is 8.04. The number of rotatable bonds is 6. The molecule has 17 heavy (non-hydrogen) atoms. The van der Waals surface area contributed by atoms with Crippen molar-refractivity contribution in [3.8, 4) is 5.75 Å². The summed E-state index contributed by atoms with van der Waals surface area (Å²) in [6, 6.07) is 3.96. The smallest absolute Gasteiger partial charge is 0.123 e. The van der Waals surface area contributed by atoms with Crippen LogP contribution in [0.4, 0.5) is 4.39 Å². The Hall–Kier alpha value is -1.13. The minimum absolute atomic E-state index is 0.0593. The van der Waals surface area contributed by atoms with Crippen molar-refractivity contribution in [1.82, 2.24) is 10.2 Å². The molecule has 1 aromatic carbocycles. The molecule has 0 aliphatic carbocycles. The maximum atomic E-state index is 13.1. The van der Waals surface area contributed by atoms with E-state index >= 15 is 0 Å². The summed E-state index contributed by atoms with van der Waals surface area (Å²) >= 11 is 0. The summed E-state index contributed by atoms with van der Waals surface area (Å²) in [7, 11) is 2.05. The van der Waals surface area contributed by atoms with E-state index in [4.69, 9.17) is 0 Å². The highest BCUT2D eigenvalue weighted by atomic mass is 19.1. The van der Waals surface area contributed by atoms with Crippen molar-refractivity contribution in [3.63, 3.8) is 0 Å². The van der Waals surface area contributed by atoms with Gasteiger partial charge in [-0.1, -0.05) is 6.92 Å². The van der Waals surface area contributed by atoms with Crippen LogP contribution in [-0.2, 0) is 0 Å². The Morgan fingerprint density at radius 3 is 2.82 bits per heavy atom. The molecule has 0 aliphatic rings. The Kier molecular flexibility index (Phi) is 5.38. The van der Waals surface area contributed by atoms with Crippen molar-refractivity contribution in [1.29, 1.82) is 0 Å². The van der Waals surface area contributed by atoms with E-state index in [9.17, 15) is 9.50 Å². The largest absolute Gasteiger partial charge is 0.508 e. The van der Waals surface area contributed by atoms with E-state index in [0.29, 0.717) is 5.56 Å². The quantitative estimate of drug-likeness (QED) is 0.799. The highest BCUT2D eigenvalue weighted by Crippen LogP contribution is 2.24. The van der Waals surface area contributed by atoms with E-state index < -0.39 is 0 Å². The van der Waals surface area contributed by atoms with Gasteiger partial charge in [0, 0.05) is 24.7 Å². The summed E-state index contributed by atoms with van der Waals surface area (Å²) in [5.41, 5.74) is 0.601. The number of nitrogens with zero attached hydrogens (tertiary/aromatic N) is 1. The summed E-state index contributed by atoms with van der Waals surface area (Å²) in [6.07, 6.45) is 0. The number of likely N-dealkylation sites (N-methyl/N-ethyl adjacent to an activating group) is 1. The third-order valence-corrected chi connectivity index (χ3v) is 2.94. The standard InChI is InChI=1S/C13H21FN2O/c1-4-16(3)8-7-15-10(2)12-9-11(14)5-6-13(12)17/h5-6,9-10,15,17H,4,7-8H2,1-3H3. The Balaban J connectivity index is 2.52. The van der Waals surface area contributed by atoms with Crippen molar-refractivity contribution in [3.05, 3.63) is 29.6 Å². The van der Waals surface area contributed by atoms with E-state index in [2.05, 4.69) is 17.1 Å². The first-order valence-electron chi connectivity index (χ1n) is 5.95. The zero-order chi connectivity index (χ0) is 12.8. The van der Waals surface area contributed by atoms with E-state index in [1.54, 1.807) is 0 Å². The predicted octanol–water partition coefficient (Wildman–Crippen LogP) is 2.13. The monoisotopic (exact) mass is 240 g/mol. The zero-order valence-corrected chi connectivity index (χ0v) is 10.7. The lowest BCUT2D eigenvalue weighted by Crippen LogP contribution is -2.30. The summed E-state index contributed by atoms with van der Waals surface area (Å²) in [5.74, 6) is -0.188. The lowest BCUT2D eigenvalue weighted by molar-refractivity contribution is 0.341. The first kappa shape index (κ1) is 13.9. The molecule has 0 fully saturated rings. The number of nitrogens with one attached hydrogen (secondary N) is 1. The molecule has 96 valence electrons. The Labute approximate surface area is 102 Å². The number of hydrogen-bond acceptors (Lipinski definition) is 3. The minimum Gasteiger partial charge on any atom is -0.508 e. The molecule has 0 spiro atoms. The van der Waals surface area contributed by atoms with E-state index in [1.807, 2.05) is 14.0 Å². The van der Waals surface area contributed by atoms with Crippen LogP contribution in [0.25, 0.3) is 0 Å². The zero-order valence-electron chi connectivity index (χ0n) is 10.7. The predicted molar refractivity (Wildman–Crippen MR) is 67.7 cm³/mol. The van der Waals surface area contributed by atoms with Gasteiger partial charge in [0.15, 0.2) is 0 Å². The number of phenols is 1. The van der Waals surface area contributed by atoms with Gasteiger partial charge in [0.1, 0.15) is 11.6 Å². The Morgan fingerprint density at radius 2 is 2.18 bits per heavy atom. The number of aromatic hydroxyl groups is 1. The van der Waals surface area contributed by atoms with Gasteiger partial charge in [-0.2, -0.15) is 0 Å².